The van der Waals surface area contributed by atoms with Crippen LogP contribution < -0.4 is 30.7 Å². The predicted molar refractivity (Wildman–Crippen MR) is 179 cm³/mol. The second-order valence-electron chi connectivity index (χ2n) is 9.73. The van der Waals surface area contributed by atoms with E-state index in [0.717, 1.165) is 34.2 Å². The van der Waals surface area contributed by atoms with Gasteiger partial charge in [-0.1, -0.05) is 24.3 Å². The normalized spacial score (nSPS) is 10.1. The van der Waals surface area contributed by atoms with Gasteiger partial charge in [-0.05, 0) is 84.9 Å². The average Bonchev–Trinajstić information content (AvgIpc) is 3.84. The van der Waals surface area contributed by atoms with Crippen LogP contribution >= 0.6 is 0 Å². The highest BCUT2D eigenvalue weighted by atomic mass is 16.5. The fourth-order valence-electron chi connectivity index (χ4n) is 4.24. The van der Waals surface area contributed by atoms with Crippen LogP contribution in [0.4, 0.5) is 34.1 Å². The minimum atomic E-state index is -0.220. The third-order valence-electron chi connectivity index (χ3n) is 6.66. The summed E-state index contributed by atoms with van der Waals surface area (Å²) in [6.45, 7) is 0. The molecule has 0 aliphatic heterocycles. The van der Waals surface area contributed by atoms with Crippen molar-refractivity contribution in [3.63, 3.8) is 0 Å². The molecule has 0 spiro atoms. The molecule has 10 heteroatoms. The summed E-state index contributed by atoms with van der Waals surface area (Å²) in [6.07, 6.45) is 5.76. The third kappa shape index (κ3) is 8.35. The van der Waals surface area contributed by atoms with Gasteiger partial charge in [0.05, 0.1) is 60.6 Å². The molecule has 0 fully saturated rings. The molecule has 2 heterocycles. The maximum Gasteiger partial charge on any atom is 0.258 e. The van der Waals surface area contributed by atoms with E-state index in [1.165, 1.54) is 25.1 Å². The molecular weight excluding hydrogens is 584 g/mol. The lowest BCUT2D eigenvalue weighted by molar-refractivity contribution is 0.101. The number of rotatable bonds is 10. The van der Waals surface area contributed by atoms with Gasteiger partial charge in [0.1, 0.15) is 24.0 Å². The molecular formula is C36H32N4O6. The van der Waals surface area contributed by atoms with Gasteiger partial charge in [-0.25, -0.2) is 0 Å². The van der Waals surface area contributed by atoms with Crippen molar-refractivity contribution in [2.24, 2.45) is 0 Å². The lowest BCUT2D eigenvalue weighted by Crippen LogP contribution is -2.12. The van der Waals surface area contributed by atoms with Gasteiger partial charge in [0.15, 0.2) is 0 Å². The summed E-state index contributed by atoms with van der Waals surface area (Å²) in [5.74, 6) is 1.14. The average molecular weight is 617 g/mol. The first kappa shape index (κ1) is 31.0. The van der Waals surface area contributed by atoms with E-state index in [1.807, 2.05) is 97.1 Å². The topological polar surface area (TPSA) is 127 Å². The van der Waals surface area contributed by atoms with Crippen LogP contribution in [0.3, 0.4) is 0 Å². The van der Waals surface area contributed by atoms with Crippen molar-refractivity contribution in [3.05, 3.63) is 145 Å². The minimum Gasteiger partial charge on any atom is -0.497 e. The van der Waals surface area contributed by atoms with Crippen LogP contribution in [0.5, 0.6) is 11.5 Å². The predicted octanol–water partition coefficient (Wildman–Crippen LogP) is 8.57. The number of carbonyl (C=O) groups excluding carboxylic acids is 2. The molecule has 0 saturated carbocycles. The van der Waals surface area contributed by atoms with E-state index < -0.39 is 0 Å². The Labute approximate surface area is 266 Å². The molecule has 0 saturated heterocycles. The first-order chi connectivity index (χ1) is 22.5. The van der Waals surface area contributed by atoms with E-state index in [-0.39, 0.29) is 11.8 Å². The summed E-state index contributed by atoms with van der Waals surface area (Å²) in [4.78, 5) is 24.3. The van der Waals surface area contributed by atoms with E-state index >= 15 is 0 Å². The van der Waals surface area contributed by atoms with Crippen molar-refractivity contribution >= 4 is 45.9 Å². The molecule has 2 amide bonds. The van der Waals surface area contributed by atoms with Crippen molar-refractivity contribution < 1.29 is 27.9 Å². The van der Waals surface area contributed by atoms with Crippen molar-refractivity contribution in [2.45, 2.75) is 0 Å². The van der Waals surface area contributed by atoms with Crippen molar-refractivity contribution in [3.8, 4) is 11.5 Å². The Bertz CT molecular complexity index is 1700. The van der Waals surface area contributed by atoms with E-state index in [4.69, 9.17) is 18.3 Å². The van der Waals surface area contributed by atoms with Gasteiger partial charge >= 0.3 is 0 Å². The molecule has 6 rings (SSSR count). The zero-order valence-corrected chi connectivity index (χ0v) is 25.2. The molecule has 0 aliphatic rings. The van der Waals surface area contributed by atoms with Crippen molar-refractivity contribution in [1.82, 2.24) is 0 Å². The molecule has 0 unspecified atom stereocenters. The van der Waals surface area contributed by atoms with Gasteiger partial charge in [-0.3, -0.25) is 9.59 Å². The number of para-hydroxylation sites is 4. The molecule has 0 radical (unpaired) electrons. The number of hydrogen-bond donors (Lipinski definition) is 4. The number of ether oxygens (including phenoxy) is 2. The highest BCUT2D eigenvalue weighted by Gasteiger charge is 2.11. The van der Waals surface area contributed by atoms with Crippen LogP contribution in [0.15, 0.2) is 143 Å². The number of hydrogen-bond acceptors (Lipinski definition) is 8. The van der Waals surface area contributed by atoms with Gasteiger partial charge in [-0.2, -0.15) is 0 Å². The van der Waals surface area contributed by atoms with Crippen LogP contribution in [-0.4, -0.2) is 26.0 Å². The number of anilines is 6. The van der Waals surface area contributed by atoms with E-state index in [0.29, 0.717) is 22.5 Å². The molecule has 0 atom stereocenters. The third-order valence-corrected chi connectivity index (χ3v) is 6.66. The van der Waals surface area contributed by atoms with Crippen molar-refractivity contribution in [1.29, 1.82) is 0 Å². The van der Waals surface area contributed by atoms with Crippen LogP contribution in [0.1, 0.15) is 20.7 Å². The molecule has 4 N–H and O–H groups in total. The van der Waals surface area contributed by atoms with Crippen LogP contribution in [-0.2, 0) is 0 Å². The maximum atomic E-state index is 12.1. The number of methoxy groups -OCH3 is 2. The molecule has 46 heavy (non-hydrogen) atoms. The Morgan fingerprint density at radius 2 is 0.870 bits per heavy atom. The minimum absolute atomic E-state index is 0.220. The Morgan fingerprint density at radius 1 is 0.500 bits per heavy atom. The zero-order chi connectivity index (χ0) is 32.1. The Hall–Kier alpha value is -6.42. The lowest BCUT2D eigenvalue weighted by atomic mass is 10.2. The molecule has 10 nitrogen and oxygen atoms in total. The Balaban J connectivity index is 0.000000181. The second kappa shape index (κ2) is 15.3. The van der Waals surface area contributed by atoms with Crippen LogP contribution in [0.25, 0.3) is 0 Å². The smallest absolute Gasteiger partial charge is 0.258 e. The number of benzene rings is 4. The quantitative estimate of drug-likeness (QED) is 0.121. The first-order valence-electron chi connectivity index (χ1n) is 14.2. The summed E-state index contributed by atoms with van der Waals surface area (Å²) >= 11 is 0. The van der Waals surface area contributed by atoms with E-state index in [1.54, 1.807) is 26.4 Å². The van der Waals surface area contributed by atoms with E-state index in [9.17, 15) is 9.59 Å². The summed E-state index contributed by atoms with van der Waals surface area (Å²) in [5.41, 5.74) is 5.73. The first-order valence-corrected chi connectivity index (χ1v) is 14.2. The standard InChI is InChI=1S/2C18H16N2O3/c2*1-22-15-8-6-14(7-9-15)19-16-4-2-3-5-17(16)20-18(21)13-10-11-23-12-13/h2*2-12,19H,1H3,(H,20,21). The van der Waals surface area contributed by atoms with Gasteiger partial charge < -0.3 is 39.6 Å². The molecule has 4 aromatic carbocycles. The Kier molecular flexibility index (Phi) is 10.4. The number of amides is 2. The summed E-state index contributed by atoms with van der Waals surface area (Å²) < 4.78 is 20.2. The number of nitrogens with one attached hydrogen (secondary N) is 4. The molecule has 6 aromatic rings. The fraction of sp³-hybridized carbons (Fsp3) is 0.0556. The number of carbonyl (C=O) groups is 2. The SMILES string of the molecule is COc1ccc(Nc2ccccc2NC(=O)c2ccoc2)cc1.COc1ccc(Nc2ccccc2NC(=O)c2ccoc2)cc1. The summed E-state index contributed by atoms with van der Waals surface area (Å²) in [6, 6.07) is 33.4. The van der Waals surface area contributed by atoms with Gasteiger partial charge in [-0.15, -0.1) is 0 Å². The monoisotopic (exact) mass is 616 g/mol. The van der Waals surface area contributed by atoms with E-state index in [2.05, 4.69) is 21.3 Å². The summed E-state index contributed by atoms with van der Waals surface area (Å²) in [5, 5.41) is 12.3. The molecule has 232 valence electrons. The molecule has 2 aromatic heterocycles. The summed E-state index contributed by atoms with van der Waals surface area (Å²) in [7, 11) is 3.26. The molecule has 0 bridgehead atoms. The van der Waals surface area contributed by atoms with Gasteiger partial charge in [0.2, 0.25) is 0 Å². The highest BCUT2D eigenvalue weighted by molar-refractivity contribution is 6.06. The Morgan fingerprint density at radius 3 is 1.20 bits per heavy atom. The largest absolute Gasteiger partial charge is 0.497 e. The zero-order valence-electron chi connectivity index (χ0n) is 25.2. The van der Waals surface area contributed by atoms with Crippen molar-refractivity contribution in [2.75, 3.05) is 35.5 Å². The highest BCUT2D eigenvalue weighted by Crippen LogP contribution is 2.28. The fourth-order valence-corrected chi connectivity index (χ4v) is 4.24. The van der Waals surface area contributed by atoms with Gasteiger partial charge in [0, 0.05) is 11.4 Å². The number of furan rings is 2. The maximum absolute atomic E-state index is 12.1. The van der Waals surface area contributed by atoms with Gasteiger partial charge in [0.25, 0.3) is 11.8 Å². The second-order valence-corrected chi connectivity index (χ2v) is 9.73. The van der Waals surface area contributed by atoms with Crippen LogP contribution in [0.2, 0.25) is 0 Å². The van der Waals surface area contributed by atoms with Crippen LogP contribution in [0, 0.1) is 0 Å². The lowest BCUT2D eigenvalue weighted by Gasteiger charge is -2.13. The molecule has 0 aliphatic carbocycles.